The zero-order valence-corrected chi connectivity index (χ0v) is 9.97. The van der Waals surface area contributed by atoms with Gasteiger partial charge < -0.3 is 4.74 Å². The first-order valence-electron chi connectivity index (χ1n) is 4.72. The minimum absolute atomic E-state index is 0.0585. The van der Waals surface area contributed by atoms with E-state index in [-0.39, 0.29) is 16.0 Å². The predicted octanol–water partition coefficient (Wildman–Crippen LogP) is 1.76. The number of carbonyl (C=O) groups excluding carboxylic acids is 1. The summed E-state index contributed by atoms with van der Waals surface area (Å²) in [7, 11) is -2.47. The average Bonchev–Trinajstić information content (AvgIpc) is 2.47. The summed E-state index contributed by atoms with van der Waals surface area (Å²) in [6.45, 7) is 1.57. The number of esters is 1. The van der Waals surface area contributed by atoms with Crippen LogP contribution in [0.3, 0.4) is 0 Å². The van der Waals surface area contributed by atoms with Crippen molar-refractivity contribution in [3.63, 3.8) is 0 Å². The van der Waals surface area contributed by atoms with Crippen LogP contribution in [0.1, 0.15) is 22.8 Å². The Balaban J connectivity index is 2.73. The molecule has 90 valence electrons. The Kier molecular flexibility index (Phi) is 2.54. The third kappa shape index (κ3) is 1.74. The van der Waals surface area contributed by atoms with Gasteiger partial charge in [0.05, 0.1) is 17.6 Å². The molecule has 1 aromatic rings. The number of halogens is 1. The van der Waals surface area contributed by atoms with Crippen molar-refractivity contribution in [3.8, 4) is 0 Å². The van der Waals surface area contributed by atoms with E-state index in [0.29, 0.717) is 5.57 Å². The van der Waals surface area contributed by atoms with Crippen LogP contribution in [0.5, 0.6) is 0 Å². The SMILES string of the molecule is COC(=O)c1cc2c(cc1F)C(C)=CS2(=O)=O. The first kappa shape index (κ1) is 11.8. The number of fused-ring (bicyclic) bond motifs is 1. The number of benzene rings is 1. The molecule has 0 bridgehead atoms. The van der Waals surface area contributed by atoms with Crippen LogP contribution in [0, 0.1) is 5.82 Å². The number of carbonyl (C=O) groups is 1. The van der Waals surface area contributed by atoms with E-state index in [1.807, 2.05) is 0 Å². The molecule has 0 unspecified atom stereocenters. The van der Waals surface area contributed by atoms with Gasteiger partial charge in [0.25, 0.3) is 0 Å². The van der Waals surface area contributed by atoms with Crippen LogP contribution in [0.15, 0.2) is 22.4 Å². The fourth-order valence-corrected chi connectivity index (χ4v) is 3.25. The highest BCUT2D eigenvalue weighted by molar-refractivity contribution is 7.95. The number of ether oxygens (including phenoxy) is 1. The second-order valence-electron chi connectivity index (χ2n) is 3.67. The van der Waals surface area contributed by atoms with Crippen molar-refractivity contribution in [1.82, 2.24) is 0 Å². The number of sulfone groups is 1. The Morgan fingerprint density at radius 1 is 1.35 bits per heavy atom. The van der Waals surface area contributed by atoms with Gasteiger partial charge in [-0.1, -0.05) is 0 Å². The van der Waals surface area contributed by atoms with Gasteiger partial charge in [0, 0.05) is 5.41 Å². The Morgan fingerprint density at radius 2 is 2.00 bits per heavy atom. The van der Waals surface area contributed by atoms with Crippen molar-refractivity contribution in [3.05, 3.63) is 34.5 Å². The molecule has 0 fully saturated rings. The van der Waals surface area contributed by atoms with Gasteiger partial charge in [0.15, 0.2) is 0 Å². The van der Waals surface area contributed by atoms with Crippen molar-refractivity contribution in [2.24, 2.45) is 0 Å². The number of hydrogen-bond donors (Lipinski definition) is 0. The highest BCUT2D eigenvalue weighted by Crippen LogP contribution is 2.34. The molecule has 1 heterocycles. The van der Waals surface area contributed by atoms with Gasteiger partial charge >= 0.3 is 5.97 Å². The maximum atomic E-state index is 13.6. The molecule has 0 saturated carbocycles. The third-order valence-electron chi connectivity index (χ3n) is 2.54. The normalized spacial score (nSPS) is 16.3. The summed E-state index contributed by atoms with van der Waals surface area (Å²) in [6, 6.07) is 2.05. The van der Waals surface area contributed by atoms with Crippen LogP contribution >= 0.6 is 0 Å². The largest absolute Gasteiger partial charge is 0.465 e. The topological polar surface area (TPSA) is 60.4 Å². The standard InChI is InChI=1S/C11H9FO4S/c1-6-5-17(14,15)10-4-8(11(13)16-2)9(12)3-7(6)10/h3-5H,1-2H3. The van der Waals surface area contributed by atoms with Crippen LogP contribution in [0.2, 0.25) is 0 Å². The van der Waals surface area contributed by atoms with Gasteiger partial charge in [-0.2, -0.15) is 0 Å². The molecule has 0 atom stereocenters. The van der Waals surface area contributed by atoms with Gasteiger partial charge in [-0.25, -0.2) is 17.6 Å². The number of hydrogen-bond acceptors (Lipinski definition) is 4. The third-order valence-corrected chi connectivity index (χ3v) is 4.15. The Morgan fingerprint density at radius 3 is 2.59 bits per heavy atom. The predicted molar refractivity (Wildman–Crippen MR) is 58.6 cm³/mol. The Labute approximate surface area is 97.6 Å². The molecule has 2 rings (SSSR count). The Bertz CT molecular complexity index is 644. The molecule has 4 nitrogen and oxygen atoms in total. The average molecular weight is 256 g/mol. The van der Waals surface area contributed by atoms with Gasteiger partial charge in [-0.15, -0.1) is 0 Å². The summed E-state index contributed by atoms with van der Waals surface area (Å²) < 4.78 is 41.3. The van der Waals surface area contributed by atoms with Gasteiger partial charge in [0.1, 0.15) is 5.82 Å². The van der Waals surface area contributed by atoms with Crippen molar-refractivity contribution >= 4 is 21.4 Å². The van der Waals surface area contributed by atoms with Crippen molar-refractivity contribution in [2.75, 3.05) is 7.11 Å². The second-order valence-corrected chi connectivity index (χ2v) is 5.43. The maximum Gasteiger partial charge on any atom is 0.340 e. The van der Waals surface area contributed by atoms with Gasteiger partial charge in [-0.05, 0) is 30.2 Å². The minimum Gasteiger partial charge on any atom is -0.465 e. The fraction of sp³-hybridized carbons (Fsp3) is 0.182. The van der Waals surface area contributed by atoms with Gasteiger partial charge in [0.2, 0.25) is 9.84 Å². The van der Waals surface area contributed by atoms with Crippen LogP contribution in [-0.4, -0.2) is 21.5 Å². The molecule has 0 aliphatic carbocycles. The fourth-order valence-electron chi connectivity index (χ4n) is 1.72. The first-order valence-corrected chi connectivity index (χ1v) is 6.27. The van der Waals surface area contributed by atoms with E-state index in [0.717, 1.165) is 24.7 Å². The molecule has 0 amide bonds. The maximum absolute atomic E-state index is 13.6. The number of rotatable bonds is 1. The summed E-state index contributed by atoms with van der Waals surface area (Å²) >= 11 is 0. The van der Waals surface area contributed by atoms with Gasteiger partial charge in [-0.3, -0.25) is 0 Å². The van der Waals surface area contributed by atoms with Crippen LogP contribution in [-0.2, 0) is 14.6 Å². The molecule has 0 radical (unpaired) electrons. The van der Waals surface area contributed by atoms with E-state index in [1.54, 1.807) is 6.92 Å². The molecule has 1 aliphatic heterocycles. The van der Waals surface area contributed by atoms with Crippen molar-refractivity contribution in [2.45, 2.75) is 11.8 Å². The molecule has 0 N–H and O–H groups in total. The summed E-state index contributed by atoms with van der Waals surface area (Å²) in [5.41, 5.74) is 0.364. The highest BCUT2D eigenvalue weighted by Gasteiger charge is 2.28. The van der Waals surface area contributed by atoms with E-state index < -0.39 is 21.6 Å². The van der Waals surface area contributed by atoms with Crippen LogP contribution in [0.25, 0.3) is 5.57 Å². The monoisotopic (exact) mass is 256 g/mol. The lowest BCUT2D eigenvalue weighted by molar-refractivity contribution is 0.0595. The lowest BCUT2D eigenvalue weighted by atomic mass is 10.1. The van der Waals surface area contributed by atoms with Crippen LogP contribution in [0.4, 0.5) is 4.39 Å². The van der Waals surface area contributed by atoms with E-state index in [9.17, 15) is 17.6 Å². The van der Waals surface area contributed by atoms with E-state index >= 15 is 0 Å². The zero-order valence-electron chi connectivity index (χ0n) is 9.15. The summed E-state index contributed by atoms with van der Waals surface area (Å²) in [5, 5.41) is 1.05. The van der Waals surface area contributed by atoms with Crippen LogP contribution < -0.4 is 0 Å². The second kappa shape index (κ2) is 3.66. The number of methoxy groups -OCH3 is 1. The molecule has 6 heteroatoms. The smallest absolute Gasteiger partial charge is 0.340 e. The molecular formula is C11H9FO4S. The molecule has 17 heavy (non-hydrogen) atoms. The quantitative estimate of drug-likeness (QED) is 0.567. The highest BCUT2D eigenvalue weighted by atomic mass is 32.2. The summed E-state index contributed by atoms with van der Waals surface area (Å²) in [5.74, 6) is -1.69. The van der Waals surface area contributed by atoms with E-state index in [4.69, 9.17) is 0 Å². The lowest BCUT2D eigenvalue weighted by Crippen LogP contribution is -2.07. The van der Waals surface area contributed by atoms with Crippen molar-refractivity contribution in [1.29, 1.82) is 0 Å². The summed E-state index contributed by atoms with van der Waals surface area (Å²) in [6.07, 6.45) is 0. The van der Waals surface area contributed by atoms with E-state index in [1.165, 1.54) is 0 Å². The molecule has 1 aromatic carbocycles. The number of allylic oxidation sites excluding steroid dienone is 1. The zero-order chi connectivity index (χ0) is 12.8. The molecule has 1 aliphatic rings. The van der Waals surface area contributed by atoms with E-state index in [2.05, 4.69) is 4.74 Å². The van der Waals surface area contributed by atoms with Crippen molar-refractivity contribution < 1.29 is 22.3 Å². The molecule has 0 spiro atoms. The molecular weight excluding hydrogens is 247 g/mol. The Hall–Kier alpha value is -1.69. The lowest BCUT2D eigenvalue weighted by Gasteiger charge is -2.05. The minimum atomic E-state index is -3.57. The summed E-state index contributed by atoms with van der Waals surface area (Å²) in [4.78, 5) is 11.2. The first-order chi connectivity index (χ1) is 7.86. The molecule has 0 saturated heterocycles. The molecule has 0 aromatic heterocycles.